The summed E-state index contributed by atoms with van der Waals surface area (Å²) in [5.74, 6) is -0.283. The van der Waals surface area contributed by atoms with E-state index in [1.165, 1.54) is 6.92 Å². The second kappa shape index (κ2) is 7.41. The average molecular weight is 381 g/mol. The summed E-state index contributed by atoms with van der Waals surface area (Å²) < 4.78 is 6.70. The minimum absolute atomic E-state index is 0.122. The van der Waals surface area contributed by atoms with Crippen LogP contribution in [0.4, 0.5) is 0 Å². The van der Waals surface area contributed by atoms with E-state index in [0.29, 0.717) is 18.1 Å². The van der Waals surface area contributed by atoms with Gasteiger partial charge in [0.15, 0.2) is 11.7 Å². The SMILES string of the molecule is Cc1nc(CCC(=O)N[C@H](C)C(=O)O)oc1-c1ccc(Br)cc1. The van der Waals surface area contributed by atoms with E-state index >= 15 is 0 Å². The summed E-state index contributed by atoms with van der Waals surface area (Å²) >= 11 is 3.38. The van der Waals surface area contributed by atoms with E-state index in [4.69, 9.17) is 9.52 Å². The van der Waals surface area contributed by atoms with Gasteiger partial charge in [0, 0.05) is 22.9 Å². The first kappa shape index (κ1) is 17.2. The first-order valence-corrected chi connectivity index (χ1v) is 7.90. The molecule has 0 fully saturated rings. The Morgan fingerprint density at radius 1 is 1.35 bits per heavy atom. The highest BCUT2D eigenvalue weighted by atomic mass is 79.9. The second-order valence-electron chi connectivity index (χ2n) is 5.16. The van der Waals surface area contributed by atoms with E-state index in [2.05, 4.69) is 26.2 Å². The number of nitrogens with one attached hydrogen (secondary N) is 1. The molecule has 0 aliphatic rings. The number of carbonyl (C=O) groups is 2. The molecule has 0 spiro atoms. The van der Waals surface area contributed by atoms with Gasteiger partial charge in [0.25, 0.3) is 0 Å². The van der Waals surface area contributed by atoms with Gasteiger partial charge in [-0.2, -0.15) is 0 Å². The first-order chi connectivity index (χ1) is 10.9. The van der Waals surface area contributed by atoms with Gasteiger partial charge in [0.1, 0.15) is 6.04 Å². The Bertz CT molecular complexity index is 709. The zero-order chi connectivity index (χ0) is 17.0. The summed E-state index contributed by atoms with van der Waals surface area (Å²) in [5, 5.41) is 11.1. The molecule has 0 saturated carbocycles. The van der Waals surface area contributed by atoms with Crippen LogP contribution in [0.25, 0.3) is 11.3 Å². The molecular weight excluding hydrogens is 364 g/mol. The van der Waals surface area contributed by atoms with Gasteiger partial charge in [-0.1, -0.05) is 28.1 Å². The van der Waals surface area contributed by atoms with E-state index < -0.39 is 12.0 Å². The van der Waals surface area contributed by atoms with Crippen LogP contribution in [0.2, 0.25) is 0 Å². The largest absolute Gasteiger partial charge is 0.480 e. The number of rotatable bonds is 6. The molecule has 1 amide bonds. The number of aromatic nitrogens is 1. The maximum atomic E-state index is 11.7. The molecule has 0 unspecified atom stereocenters. The Kier molecular flexibility index (Phi) is 5.54. The normalized spacial score (nSPS) is 12.0. The number of nitrogens with zero attached hydrogens (tertiary/aromatic N) is 1. The number of amides is 1. The number of aliphatic carboxylic acids is 1. The lowest BCUT2D eigenvalue weighted by Gasteiger charge is -2.07. The fraction of sp³-hybridized carbons (Fsp3) is 0.312. The summed E-state index contributed by atoms with van der Waals surface area (Å²) in [6.07, 6.45) is 0.437. The lowest BCUT2D eigenvalue weighted by atomic mass is 10.1. The van der Waals surface area contributed by atoms with Crippen LogP contribution in [0, 0.1) is 6.92 Å². The molecule has 0 aliphatic carbocycles. The maximum absolute atomic E-state index is 11.7. The van der Waals surface area contributed by atoms with Gasteiger partial charge in [0.05, 0.1) is 5.69 Å². The third-order valence-corrected chi connectivity index (χ3v) is 3.79. The van der Waals surface area contributed by atoms with Crippen molar-refractivity contribution < 1.29 is 19.1 Å². The highest BCUT2D eigenvalue weighted by molar-refractivity contribution is 9.10. The molecule has 1 aromatic heterocycles. The number of carbonyl (C=O) groups excluding carboxylic acids is 1. The number of halogens is 1. The molecule has 2 N–H and O–H groups in total. The van der Waals surface area contributed by atoms with Crippen molar-refractivity contribution in [1.29, 1.82) is 0 Å². The van der Waals surface area contributed by atoms with E-state index in [1.807, 2.05) is 31.2 Å². The molecule has 0 aliphatic heterocycles. The Labute approximate surface area is 142 Å². The second-order valence-corrected chi connectivity index (χ2v) is 6.07. The Morgan fingerprint density at radius 2 is 2.00 bits per heavy atom. The van der Waals surface area contributed by atoms with Crippen LogP contribution >= 0.6 is 15.9 Å². The summed E-state index contributed by atoms with van der Waals surface area (Å²) in [4.78, 5) is 26.7. The standard InChI is InChI=1S/C16H17BrN2O4/c1-9-15(11-3-5-12(17)6-4-11)23-14(19-9)8-7-13(20)18-10(2)16(21)22/h3-6,10H,7-8H2,1-2H3,(H,18,20)(H,21,22)/t10-/m1/s1. The van der Waals surface area contributed by atoms with Gasteiger partial charge in [0.2, 0.25) is 5.91 Å². The Morgan fingerprint density at radius 3 is 2.61 bits per heavy atom. The van der Waals surface area contributed by atoms with Gasteiger partial charge in [-0.25, -0.2) is 4.98 Å². The van der Waals surface area contributed by atoms with Gasteiger partial charge in [-0.3, -0.25) is 9.59 Å². The molecule has 2 aromatic rings. The van der Waals surface area contributed by atoms with E-state index in [9.17, 15) is 9.59 Å². The average Bonchev–Trinajstić information content (AvgIpc) is 2.87. The van der Waals surface area contributed by atoms with Gasteiger partial charge in [-0.15, -0.1) is 0 Å². The molecule has 2 rings (SSSR count). The number of benzene rings is 1. The maximum Gasteiger partial charge on any atom is 0.325 e. The molecule has 1 heterocycles. The fourth-order valence-electron chi connectivity index (χ4n) is 2.02. The third kappa shape index (κ3) is 4.66. The number of carboxylic acid groups (broad SMARTS) is 1. The van der Waals surface area contributed by atoms with Gasteiger partial charge < -0.3 is 14.8 Å². The predicted octanol–water partition coefficient (Wildman–Crippen LogP) is 2.93. The van der Waals surface area contributed by atoms with E-state index in [0.717, 1.165) is 15.7 Å². The van der Waals surface area contributed by atoms with Crippen LogP contribution in [0.3, 0.4) is 0 Å². The molecule has 1 atom stereocenters. The quantitative estimate of drug-likeness (QED) is 0.803. The molecular formula is C16H17BrN2O4. The summed E-state index contributed by atoms with van der Waals surface area (Å²) in [5.41, 5.74) is 1.66. The highest BCUT2D eigenvalue weighted by Gasteiger charge is 2.16. The third-order valence-electron chi connectivity index (χ3n) is 3.26. The van der Waals surface area contributed by atoms with Crippen molar-refractivity contribution >= 4 is 27.8 Å². The van der Waals surface area contributed by atoms with Crippen molar-refractivity contribution in [3.8, 4) is 11.3 Å². The van der Waals surface area contributed by atoms with Crippen LogP contribution in [-0.2, 0) is 16.0 Å². The molecule has 122 valence electrons. The first-order valence-electron chi connectivity index (χ1n) is 7.11. The summed E-state index contributed by atoms with van der Waals surface area (Å²) in [6.45, 7) is 3.26. The Hall–Kier alpha value is -2.15. The monoisotopic (exact) mass is 380 g/mol. The van der Waals surface area contributed by atoms with Crippen LogP contribution in [0.15, 0.2) is 33.2 Å². The summed E-state index contributed by atoms with van der Waals surface area (Å²) in [6, 6.07) is 6.76. The van der Waals surface area contributed by atoms with Gasteiger partial charge >= 0.3 is 5.97 Å². The van der Waals surface area contributed by atoms with Crippen LogP contribution in [0.5, 0.6) is 0 Å². The van der Waals surface area contributed by atoms with Crippen molar-refractivity contribution in [2.75, 3.05) is 0 Å². The van der Waals surface area contributed by atoms with E-state index in [1.54, 1.807) is 0 Å². The predicted molar refractivity (Wildman–Crippen MR) is 87.9 cm³/mol. The highest BCUT2D eigenvalue weighted by Crippen LogP contribution is 2.26. The lowest BCUT2D eigenvalue weighted by molar-refractivity contribution is -0.141. The van der Waals surface area contributed by atoms with Gasteiger partial charge in [-0.05, 0) is 26.0 Å². The lowest BCUT2D eigenvalue weighted by Crippen LogP contribution is -2.38. The molecule has 1 aromatic carbocycles. The van der Waals surface area contributed by atoms with Crippen molar-refractivity contribution in [3.05, 3.63) is 40.3 Å². The molecule has 0 radical (unpaired) electrons. The minimum Gasteiger partial charge on any atom is -0.480 e. The molecule has 0 bridgehead atoms. The zero-order valence-corrected chi connectivity index (χ0v) is 14.4. The van der Waals surface area contributed by atoms with Crippen molar-refractivity contribution in [3.63, 3.8) is 0 Å². The minimum atomic E-state index is -1.07. The molecule has 23 heavy (non-hydrogen) atoms. The van der Waals surface area contributed by atoms with Crippen molar-refractivity contribution in [2.24, 2.45) is 0 Å². The van der Waals surface area contributed by atoms with Crippen LogP contribution in [-0.4, -0.2) is 28.0 Å². The van der Waals surface area contributed by atoms with Crippen LogP contribution in [0.1, 0.15) is 24.9 Å². The van der Waals surface area contributed by atoms with Crippen molar-refractivity contribution in [2.45, 2.75) is 32.7 Å². The van der Waals surface area contributed by atoms with Crippen LogP contribution < -0.4 is 5.32 Å². The molecule has 7 heteroatoms. The number of oxazole rings is 1. The number of aryl methyl sites for hydroxylation is 2. The number of hydrogen-bond acceptors (Lipinski definition) is 4. The van der Waals surface area contributed by atoms with Crippen molar-refractivity contribution in [1.82, 2.24) is 10.3 Å². The van der Waals surface area contributed by atoms with E-state index in [-0.39, 0.29) is 12.3 Å². The Balaban J connectivity index is 2.00. The number of hydrogen-bond donors (Lipinski definition) is 2. The fourth-order valence-corrected chi connectivity index (χ4v) is 2.29. The smallest absolute Gasteiger partial charge is 0.325 e. The summed E-state index contributed by atoms with van der Waals surface area (Å²) in [7, 11) is 0. The molecule has 6 nitrogen and oxygen atoms in total. The number of carboxylic acids is 1. The topological polar surface area (TPSA) is 92.4 Å². The zero-order valence-electron chi connectivity index (χ0n) is 12.8. The molecule has 0 saturated heterocycles.